The number of urea groups is 1. The number of hydrogen-bond acceptors (Lipinski definition) is 7. The maximum absolute atomic E-state index is 13.7. The minimum atomic E-state index is -0.391. The molecule has 2 aliphatic rings. The van der Waals surface area contributed by atoms with E-state index in [2.05, 4.69) is 11.4 Å². The number of hydrogen-bond donors (Lipinski definition) is 1. The number of amides is 3. The summed E-state index contributed by atoms with van der Waals surface area (Å²) in [7, 11) is 0. The quantitative estimate of drug-likeness (QED) is 0.432. The van der Waals surface area contributed by atoms with Crippen LogP contribution in [0.3, 0.4) is 0 Å². The molecule has 0 bridgehead atoms. The largest absolute Gasteiger partial charge is 0.454 e. The lowest BCUT2D eigenvalue weighted by atomic mass is 10.1. The lowest BCUT2D eigenvalue weighted by molar-refractivity contribution is -0.133. The molecular formula is C28H28N4O5S. The van der Waals surface area contributed by atoms with Crippen LogP contribution in [-0.2, 0) is 22.6 Å². The second-order valence-corrected chi connectivity index (χ2v) is 10.2. The van der Waals surface area contributed by atoms with Gasteiger partial charge in [-0.1, -0.05) is 12.1 Å². The summed E-state index contributed by atoms with van der Waals surface area (Å²) >= 11 is 1.58. The fourth-order valence-electron chi connectivity index (χ4n) is 4.43. The van der Waals surface area contributed by atoms with Crippen molar-refractivity contribution in [2.24, 2.45) is 0 Å². The molecule has 9 nitrogen and oxygen atoms in total. The van der Waals surface area contributed by atoms with E-state index in [1.807, 2.05) is 35.7 Å². The van der Waals surface area contributed by atoms with Crippen LogP contribution in [0.15, 0.2) is 60.0 Å². The lowest BCUT2D eigenvalue weighted by Gasteiger charge is -2.29. The van der Waals surface area contributed by atoms with Gasteiger partial charge in [0.1, 0.15) is 6.54 Å². The van der Waals surface area contributed by atoms with Crippen molar-refractivity contribution in [3.05, 3.63) is 76.0 Å². The molecule has 1 unspecified atom stereocenters. The molecule has 1 fully saturated rings. The van der Waals surface area contributed by atoms with Crippen LogP contribution in [0.25, 0.3) is 0 Å². The van der Waals surface area contributed by atoms with Crippen LogP contribution in [0.1, 0.15) is 28.8 Å². The van der Waals surface area contributed by atoms with Gasteiger partial charge in [-0.25, -0.2) is 4.79 Å². The Balaban J connectivity index is 1.33. The predicted octanol–water partition coefficient (Wildman–Crippen LogP) is 4.59. The number of fused-ring (bicyclic) bond motifs is 1. The standard InChI is InChI=1S/C28H28N4O5S/c29-14-20-5-8-22(9-6-20)30-28(34)32(16-23-3-1-11-35-23)18-27(33)31(17-24-4-2-12-38-24)15-21-7-10-25-26(13-21)37-19-36-25/h2,4-10,12-13,23H,1,3,11,15-19H2,(H,30,34). The molecule has 0 saturated carbocycles. The van der Waals surface area contributed by atoms with Gasteiger partial charge in [0.2, 0.25) is 12.7 Å². The maximum atomic E-state index is 13.7. The van der Waals surface area contributed by atoms with E-state index in [-0.39, 0.29) is 25.3 Å². The van der Waals surface area contributed by atoms with Gasteiger partial charge in [-0.15, -0.1) is 11.3 Å². The van der Waals surface area contributed by atoms with Crippen molar-refractivity contribution in [3.63, 3.8) is 0 Å². The van der Waals surface area contributed by atoms with E-state index in [0.29, 0.717) is 49.0 Å². The first-order chi connectivity index (χ1) is 18.6. The summed E-state index contributed by atoms with van der Waals surface area (Å²) in [6.45, 7) is 1.83. The van der Waals surface area contributed by atoms with Gasteiger partial charge in [-0.3, -0.25) is 4.79 Å². The van der Waals surface area contributed by atoms with Gasteiger partial charge in [-0.05, 0) is 66.2 Å². The van der Waals surface area contributed by atoms with Gasteiger partial charge in [0.25, 0.3) is 0 Å². The zero-order valence-corrected chi connectivity index (χ0v) is 21.6. The molecule has 38 heavy (non-hydrogen) atoms. The van der Waals surface area contributed by atoms with Crippen molar-refractivity contribution in [1.82, 2.24) is 9.80 Å². The van der Waals surface area contributed by atoms with Crippen LogP contribution >= 0.6 is 11.3 Å². The monoisotopic (exact) mass is 532 g/mol. The minimum absolute atomic E-state index is 0.0993. The Morgan fingerprint density at radius 3 is 2.63 bits per heavy atom. The minimum Gasteiger partial charge on any atom is -0.454 e. The molecule has 196 valence electrons. The number of anilines is 1. The number of thiophene rings is 1. The lowest BCUT2D eigenvalue weighted by Crippen LogP contribution is -2.46. The first kappa shape index (κ1) is 25.6. The molecule has 3 heterocycles. The molecule has 0 radical (unpaired) electrons. The molecule has 1 atom stereocenters. The number of carbonyl (C=O) groups is 2. The Hall–Kier alpha value is -4.07. The van der Waals surface area contributed by atoms with Gasteiger partial charge in [-0.2, -0.15) is 5.26 Å². The number of carbonyl (C=O) groups excluding carboxylic acids is 2. The third-order valence-electron chi connectivity index (χ3n) is 6.42. The Morgan fingerprint density at radius 2 is 1.89 bits per heavy atom. The molecule has 2 aromatic carbocycles. The number of nitrogens with zero attached hydrogens (tertiary/aromatic N) is 3. The summed E-state index contributed by atoms with van der Waals surface area (Å²) in [6, 6.07) is 17.9. The summed E-state index contributed by atoms with van der Waals surface area (Å²) in [4.78, 5) is 31.3. The summed E-state index contributed by atoms with van der Waals surface area (Å²) in [5, 5.41) is 13.9. The fourth-order valence-corrected chi connectivity index (χ4v) is 5.15. The van der Waals surface area contributed by atoms with Crippen LogP contribution in [0, 0.1) is 11.3 Å². The zero-order chi connectivity index (χ0) is 26.3. The number of benzene rings is 2. The molecule has 1 saturated heterocycles. The Labute approximate surface area is 225 Å². The highest BCUT2D eigenvalue weighted by molar-refractivity contribution is 7.09. The highest BCUT2D eigenvalue weighted by Crippen LogP contribution is 2.33. The summed E-state index contributed by atoms with van der Waals surface area (Å²) in [5.74, 6) is 1.17. The number of nitriles is 1. The van der Waals surface area contributed by atoms with Gasteiger partial charge < -0.3 is 29.3 Å². The van der Waals surface area contributed by atoms with Crippen molar-refractivity contribution in [2.45, 2.75) is 32.0 Å². The summed E-state index contributed by atoms with van der Waals surface area (Å²) in [5.41, 5.74) is 1.96. The summed E-state index contributed by atoms with van der Waals surface area (Å²) < 4.78 is 16.7. The molecule has 3 aromatic rings. The van der Waals surface area contributed by atoms with E-state index >= 15 is 0 Å². The second kappa shape index (κ2) is 12.0. The van der Waals surface area contributed by atoms with Crippen molar-refractivity contribution >= 4 is 29.0 Å². The Bertz CT molecular complexity index is 1300. The first-order valence-corrected chi connectivity index (χ1v) is 13.3. The maximum Gasteiger partial charge on any atom is 0.322 e. The van der Waals surface area contributed by atoms with Gasteiger partial charge in [0.15, 0.2) is 11.5 Å². The average molecular weight is 533 g/mol. The molecule has 3 amide bonds. The van der Waals surface area contributed by atoms with Gasteiger partial charge in [0.05, 0.1) is 24.3 Å². The highest BCUT2D eigenvalue weighted by Gasteiger charge is 2.27. The topological polar surface area (TPSA) is 104 Å². The van der Waals surface area contributed by atoms with Crippen molar-refractivity contribution in [3.8, 4) is 17.6 Å². The molecule has 5 rings (SSSR count). The van der Waals surface area contributed by atoms with E-state index in [1.54, 1.807) is 40.5 Å². The van der Waals surface area contributed by atoms with Crippen molar-refractivity contribution < 1.29 is 23.8 Å². The molecule has 0 aliphatic carbocycles. The average Bonchev–Trinajstić information content (AvgIpc) is 3.71. The van der Waals surface area contributed by atoms with E-state index in [0.717, 1.165) is 23.3 Å². The predicted molar refractivity (Wildman–Crippen MR) is 142 cm³/mol. The SMILES string of the molecule is N#Cc1ccc(NC(=O)N(CC(=O)N(Cc2ccc3c(c2)OCO3)Cc2cccs2)CC2CCCO2)cc1. The van der Waals surface area contributed by atoms with E-state index in [4.69, 9.17) is 19.5 Å². The van der Waals surface area contributed by atoms with Gasteiger partial charge in [0, 0.05) is 30.3 Å². The van der Waals surface area contributed by atoms with Crippen LogP contribution in [0.4, 0.5) is 10.5 Å². The molecule has 10 heteroatoms. The fraction of sp³-hybridized carbons (Fsp3) is 0.321. The second-order valence-electron chi connectivity index (χ2n) is 9.15. The smallest absolute Gasteiger partial charge is 0.322 e. The van der Waals surface area contributed by atoms with Crippen LogP contribution in [0.5, 0.6) is 11.5 Å². The Morgan fingerprint density at radius 1 is 1.05 bits per heavy atom. The van der Waals surface area contributed by atoms with Crippen LogP contribution < -0.4 is 14.8 Å². The summed E-state index contributed by atoms with van der Waals surface area (Å²) in [6.07, 6.45) is 1.65. The number of rotatable bonds is 9. The third-order valence-corrected chi connectivity index (χ3v) is 7.28. The van der Waals surface area contributed by atoms with Crippen molar-refractivity contribution in [1.29, 1.82) is 5.26 Å². The van der Waals surface area contributed by atoms with E-state index < -0.39 is 6.03 Å². The zero-order valence-electron chi connectivity index (χ0n) is 20.8. The molecule has 1 N–H and O–H groups in total. The van der Waals surface area contributed by atoms with E-state index in [9.17, 15) is 9.59 Å². The van der Waals surface area contributed by atoms with Crippen LogP contribution in [-0.4, -0.2) is 54.3 Å². The number of ether oxygens (including phenoxy) is 3. The molecule has 1 aromatic heterocycles. The normalized spacial score (nSPS) is 15.6. The molecular weight excluding hydrogens is 504 g/mol. The number of nitrogens with one attached hydrogen (secondary N) is 1. The van der Waals surface area contributed by atoms with Crippen molar-refractivity contribution in [2.75, 3.05) is 31.8 Å². The third kappa shape index (κ3) is 6.43. The molecule has 2 aliphatic heterocycles. The van der Waals surface area contributed by atoms with Gasteiger partial charge >= 0.3 is 6.03 Å². The molecule has 0 spiro atoms. The highest BCUT2D eigenvalue weighted by atomic mass is 32.1. The van der Waals surface area contributed by atoms with E-state index in [1.165, 1.54) is 4.90 Å². The first-order valence-electron chi connectivity index (χ1n) is 12.4. The Kier molecular flexibility index (Phi) is 8.06. The van der Waals surface area contributed by atoms with Crippen LogP contribution in [0.2, 0.25) is 0 Å².